The summed E-state index contributed by atoms with van der Waals surface area (Å²) in [6.45, 7) is 5.59. The maximum Gasteiger partial charge on any atom is 0.322 e. The van der Waals surface area contributed by atoms with E-state index in [1.807, 2.05) is 0 Å². The van der Waals surface area contributed by atoms with Gasteiger partial charge in [-0.3, -0.25) is 14.9 Å². The fourth-order valence-corrected chi connectivity index (χ4v) is 1.97. The molecule has 1 heterocycles. The van der Waals surface area contributed by atoms with E-state index in [-0.39, 0.29) is 12.3 Å². The normalized spacial score (nSPS) is 18.1. The van der Waals surface area contributed by atoms with E-state index in [9.17, 15) is 14.4 Å². The molecule has 1 aliphatic rings. The van der Waals surface area contributed by atoms with Gasteiger partial charge in [-0.1, -0.05) is 26.7 Å². The van der Waals surface area contributed by atoms with Crippen molar-refractivity contribution in [1.29, 1.82) is 0 Å². The molecule has 108 valence electrons. The van der Waals surface area contributed by atoms with Crippen LogP contribution in [0.25, 0.3) is 0 Å². The van der Waals surface area contributed by atoms with E-state index >= 15 is 0 Å². The second-order valence-corrected chi connectivity index (χ2v) is 4.81. The molecule has 0 aromatic carbocycles. The van der Waals surface area contributed by atoms with Crippen LogP contribution in [0.3, 0.4) is 0 Å². The predicted molar refractivity (Wildman–Crippen MR) is 71.5 cm³/mol. The summed E-state index contributed by atoms with van der Waals surface area (Å²) >= 11 is 0. The fraction of sp³-hybridized carbons (Fsp3) is 0.769. The van der Waals surface area contributed by atoms with Crippen molar-refractivity contribution >= 4 is 17.8 Å². The van der Waals surface area contributed by atoms with E-state index in [1.165, 1.54) is 0 Å². The summed E-state index contributed by atoms with van der Waals surface area (Å²) in [5.74, 6) is -0.478. The van der Waals surface area contributed by atoms with Gasteiger partial charge in [0, 0.05) is 13.1 Å². The molecule has 0 unspecified atom stereocenters. The van der Waals surface area contributed by atoms with E-state index < -0.39 is 18.0 Å². The Hall–Kier alpha value is -1.59. The van der Waals surface area contributed by atoms with Crippen molar-refractivity contribution in [1.82, 2.24) is 15.5 Å². The highest BCUT2D eigenvalue weighted by atomic mass is 16.2. The van der Waals surface area contributed by atoms with Crippen LogP contribution in [0.1, 0.15) is 46.0 Å². The predicted octanol–water partition coefficient (Wildman–Crippen LogP) is 1.01. The van der Waals surface area contributed by atoms with Gasteiger partial charge >= 0.3 is 6.03 Å². The van der Waals surface area contributed by atoms with Gasteiger partial charge in [-0.2, -0.15) is 0 Å². The first-order valence-electron chi connectivity index (χ1n) is 6.97. The number of rotatable bonds is 8. The number of carbonyl (C=O) groups excluding carboxylic acids is 3. The third-order valence-corrected chi connectivity index (χ3v) is 3.15. The number of amides is 4. The van der Waals surface area contributed by atoms with Gasteiger partial charge in [0.1, 0.15) is 6.04 Å². The number of hydrogen-bond acceptors (Lipinski definition) is 3. The minimum absolute atomic E-state index is 0.0466. The van der Waals surface area contributed by atoms with Gasteiger partial charge in [-0.05, 0) is 12.8 Å². The number of urea groups is 1. The monoisotopic (exact) mass is 269 g/mol. The van der Waals surface area contributed by atoms with Crippen molar-refractivity contribution in [3.8, 4) is 0 Å². The highest BCUT2D eigenvalue weighted by molar-refractivity contribution is 6.05. The number of carbonyl (C=O) groups is 3. The third-order valence-electron chi connectivity index (χ3n) is 3.15. The summed E-state index contributed by atoms with van der Waals surface area (Å²) in [4.78, 5) is 36.4. The summed E-state index contributed by atoms with van der Waals surface area (Å²) in [7, 11) is 0. The Bertz CT molecular complexity index is 336. The Labute approximate surface area is 113 Å². The zero-order chi connectivity index (χ0) is 14.3. The molecule has 6 nitrogen and oxygen atoms in total. The van der Waals surface area contributed by atoms with Gasteiger partial charge in [0.05, 0.1) is 6.42 Å². The smallest absolute Gasteiger partial charge is 0.322 e. The summed E-state index contributed by atoms with van der Waals surface area (Å²) < 4.78 is 0. The first-order valence-corrected chi connectivity index (χ1v) is 6.97. The number of unbranched alkanes of at least 4 members (excludes halogenated alkanes) is 2. The molecule has 1 aliphatic heterocycles. The van der Waals surface area contributed by atoms with Crippen LogP contribution >= 0.6 is 0 Å². The second-order valence-electron chi connectivity index (χ2n) is 4.81. The molecule has 2 N–H and O–H groups in total. The zero-order valence-corrected chi connectivity index (χ0v) is 11.7. The summed E-state index contributed by atoms with van der Waals surface area (Å²) in [5, 5.41) is 4.59. The Morgan fingerprint density at radius 2 is 1.74 bits per heavy atom. The lowest BCUT2D eigenvalue weighted by atomic mass is 10.1. The average Bonchev–Trinajstić information content (AvgIpc) is 2.68. The molecule has 1 fully saturated rings. The van der Waals surface area contributed by atoms with Crippen LogP contribution in [0.15, 0.2) is 0 Å². The van der Waals surface area contributed by atoms with Gasteiger partial charge in [0.2, 0.25) is 5.91 Å². The largest absolute Gasteiger partial charge is 0.343 e. The fourth-order valence-electron chi connectivity index (χ4n) is 1.97. The molecule has 4 amide bonds. The van der Waals surface area contributed by atoms with Crippen molar-refractivity contribution in [2.24, 2.45) is 0 Å². The van der Waals surface area contributed by atoms with Gasteiger partial charge in [0.15, 0.2) is 0 Å². The third kappa shape index (κ3) is 4.89. The van der Waals surface area contributed by atoms with Crippen LogP contribution in [0.5, 0.6) is 0 Å². The molecule has 1 saturated heterocycles. The van der Waals surface area contributed by atoms with Gasteiger partial charge in [-0.15, -0.1) is 0 Å². The number of imide groups is 1. The highest BCUT2D eigenvalue weighted by Gasteiger charge is 2.32. The Kier molecular flexibility index (Phi) is 6.32. The number of nitrogens with one attached hydrogen (secondary N) is 2. The van der Waals surface area contributed by atoms with E-state index in [0.29, 0.717) is 0 Å². The van der Waals surface area contributed by atoms with Crippen molar-refractivity contribution in [3.05, 3.63) is 0 Å². The minimum Gasteiger partial charge on any atom is -0.343 e. The molecule has 0 radical (unpaired) electrons. The first kappa shape index (κ1) is 15.5. The zero-order valence-electron chi connectivity index (χ0n) is 11.7. The first-order chi connectivity index (χ1) is 9.08. The van der Waals surface area contributed by atoms with Crippen LogP contribution in [-0.4, -0.2) is 41.9 Å². The van der Waals surface area contributed by atoms with E-state index in [1.54, 1.807) is 4.90 Å². The molecule has 1 rings (SSSR count). The Morgan fingerprint density at radius 3 is 2.16 bits per heavy atom. The SMILES string of the molecule is CCCCN(CCCC)C(=O)C[C@H]1NC(=O)NC1=O. The van der Waals surface area contributed by atoms with Gasteiger partial charge in [-0.25, -0.2) is 4.79 Å². The Balaban J connectivity index is 2.50. The molecular formula is C13H23N3O3. The molecule has 0 aromatic rings. The van der Waals surface area contributed by atoms with Crippen LogP contribution < -0.4 is 10.6 Å². The molecule has 1 atom stereocenters. The number of nitrogens with zero attached hydrogens (tertiary/aromatic N) is 1. The molecular weight excluding hydrogens is 246 g/mol. The van der Waals surface area contributed by atoms with Crippen LogP contribution in [-0.2, 0) is 9.59 Å². The molecule has 19 heavy (non-hydrogen) atoms. The van der Waals surface area contributed by atoms with Crippen LogP contribution in [0.2, 0.25) is 0 Å². The van der Waals surface area contributed by atoms with Crippen molar-refractivity contribution in [3.63, 3.8) is 0 Å². The van der Waals surface area contributed by atoms with Gasteiger partial charge < -0.3 is 10.2 Å². The van der Waals surface area contributed by atoms with E-state index in [4.69, 9.17) is 0 Å². The lowest BCUT2D eigenvalue weighted by Gasteiger charge is -2.23. The molecule has 0 aliphatic carbocycles. The van der Waals surface area contributed by atoms with Crippen LogP contribution in [0, 0.1) is 0 Å². The summed E-state index contributed by atoms with van der Waals surface area (Å²) in [6, 6.07) is -1.23. The lowest BCUT2D eigenvalue weighted by Crippen LogP contribution is -2.39. The van der Waals surface area contributed by atoms with E-state index in [0.717, 1.165) is 38.8 Å². The topological polar surface area (TPSA) is 78.5 Å². The quantitative estimate of drug-likeness (QED) is 0.646. The molecule has 6 heteroatoms. The highest BCUT2D eigenvalue weighted by Crippen LogP contribution is 2.06. The molecule has 0 spiro atoms. The lowest BCUT2D eigenvalue weighted by molar-refractivity contribution is -0.134. The molecule has 0 aromatic heterocycles. The van der Waals surface area contributed by atoms with Crippen molar-refractivity contribution < 1.29 is 14.4 Å². The maximum absolute atomic E-state index is 12.2. The van der Waals surface area contributed by atoms with E-state index in [2.05, 4.69) is 24.5 Å². The molecule has 0 bridgehead atoms. The Morgan fingerprint density at radius 1 is 1.16 bits per heavy atom. The van der Waals surface area contributed by atoms with Crippen molar-refractivity contribution in [2.45, 2.75) is 52.0 Å². The summed E-state index contributed by atoms with van der Waals surface area (Å²) in [6.07, 6.45) is 4.01. The minimum atomic E-state index is -0.717. The molecule has 0 saturated carbocycles. The van der Waals surface area contributed by atoms with Crippen molar-refractivity contribution in [2.75, 3.05) is 13.1 Å². The summed E-state index contributed by atoms with van der Waals surface area (Å²) in [5.41, 5.74) is 0. The van der Waals surface area contributed by atoms with Gasteiger partial charge in [0.25, 0.3) is 5.91 Å². The van der Waals surface area contributed by atoms with Crippen LogP contribution in [0.4, 0.5) is 4.79 Å². The average molecular weight is 269 g/mol. The standard InChI is InChI=1S/C13H23N3O3/c1-3-5-7-16(8-6-4-2)11(17)9-10-12(18)15-13(19)14-10/h10H,3-9H2,1-2H3,(H2,14,15,18,19)/t10-/m1/s1. The maximum atomic E-state index is 12.2. The number of hydrogen-bond donors (Lipinski definition) is 2. The second kappa shape index (κ2) is 7.76.